The van der Waals surface area contributed by atoms with Gasteiger partial charge in [-0.2, -0.15) is 5.10 Å². The molecule has 0 saturated heterocycles. The van der Waals surface area contributed by atoms with Gasteiger partial charge in [-0.3, -0.25) is 13.9 Å². The van der Waals surface area contributed by atoms with Gasteiger partial charge in [0.05, 0.1) is 17.1 Å². The number of nitrogens with zero attached hydrogens (tertiary/aromatic N) is 6. The lowest BCUT2D eigenvalue weighted by Gasteiger charge is -2.10. The molecule has 0 spiro atoms. The van der Waals surface area contributed by atoms with Crippen molar-refractivity contribution in [1.82, 2.24) is 29.1 Å². The summed E-state index contributed by atoms with van der Waals surface area (Å²) < 4.78 is 23.7. The Morgan fingerprint density at radius 2 is 1.97 bits per heavy atom. The van der Waals surface area contributed by atoms with Crippen molar-refractivity contribution < 1.29 is 13.6 Å². The molecule has 0 fully saturated rings. The van der Waals surface area contributed by atoms with Gasteiger partial charge in [0.2, 0.25) is 11.5 Å². The van der Waals surface area contributed by atoms with Gasteiger partial charge in [-0.15, -0.1) is 0 Å². The number of carbonyl (C=O) groups excluding carboxylic acids is 1. The maximum absolute atomic E-state index is 14.7. The summed E-state index contributed by atoms with van der Waals surface area (Å²) in [7, 11) is 0. The number of benzene rings is 1. The van der Waals surface area contributed by atoms with E-state index in [9.17, 15) is 9.18 Å². The van der Waals surface area contributed by atoms with E-state index in [1.54, 1.807) is 36.8 Å². The molecule has 0 aliphatic heterocycles. The van der Waals surface area contributed by atoms with Crippen molar-refractivity contribution in [2.45, 2.75) is 33.7 Å². The Kier molecular flexibility index (Phi) is 5.20. The second-order valence-electron chi connectivity index (χ2n) is 8.23. The molecule has 1 aromatic carbocycles. The zero-order valence-corrected chi connectivity index (χ0v) is 19.1. The third kappa shape index (κ3) is 3.83. The largest absolute Gasteiger partial charge is 0.436 e. The van der Waals surface area contributed by atoms with Crippen molar-refractivity contribution in [2.75, 3.05) is 5.32 Å². The van der Waals surface area contributed by atoms with E-state index >= 15 is 0 Å². The average molecular weight is 459 g/mol. The summed E-state index contributed by atoms with van der Waals surface area (Å²) in [5, 5.41) is 7.10. The molecule has 4 aromatic heterocycles. The minimum atomic E-state index is -0.466. The van der Waals surface area contributed by atoms with E-state index in [0.717, 1.165) is 11.3 Å². The number of hydrogen-bond acceptors (Lipinski definition) is 6. The Labute approximate surface area is 194 Å². The third-order valence-corrected chi connectivity index (χ3v) is 5.38. The van der Waals surface area contributed by atoms with E-state index in [1.165, 1.54) is 18.2 Å². The summed E-state index contributed by atoms with van der Waals surface area (Å²) >= 11 is 0. The zero-order valence-electron chi connectivity index (χ0n) is 19.1. The van der Waals surface area contributed by atoms with Gasteiger partial charge in [0.25, 0.3) is 5.91 Å². The molecule has 10 heteroatoms. The van der Waals surface area contributed by atoms with Gasteiger partial charge in [-0.05, 0) is 45.0 Å². The molecular weight excluding hydrogens is 437 g/mol. The lowest BCUT2D eigenvalue weighted by Crippen LogP contribution is -2.12. The first-order valence-corrected chi connectivity index (χ1v) is 10.7. The predicted molar refractivity (Wildman–Crippen MR) is 124 cm³/mol. The minimum Gasteiger partial charge on any atom is -0.436 e. The maximum atomic E-state index is 14.7. The Bertz CT molecular complexity index is 1530. The van der Waals surface area contributed by atoms with Crippen LogP contribution in [0.2, 0.25) is 0 Å². The van der Waals surface area contributed by atoms with Crippen LogP contribution in [0.15, 0.2) is 53.5 Å². The molecule has 9 nitrogen and oxygen atoms in total. The molecule has 4 heterocycles. The Balaban J connectivity index is 1.48. The molecule has 0 radical (unpaired) electrons. The Hall–Kier alpha value is -4.34. The number of anilines is 1. The normalized spacial score (nSPS) is 11.5. The number of aryl methyl sites for hydroxylation is 2. The first-order chi connectivity index (χ1) is 16.3. The van der Waals surface area contributed by atoms with Gasteiger partial charge < -0.3 is 9.73 Å². The van der Waals surface area contributed by atoms with Crippen molar-refractivity contribution in [3.8, 4) is 22.5 Å². The first-order valence-electron chi connectivity index (χ1n) is 10.7. The summed E-state index contributed by atoms with van der Waals surface area (Å²) in [6.07, 6.45) is 7.05. The number of oxazole rings is 1. The summed E-state index contributed by atoms with van der Waals surface area (Å²) in [6, 6.07) is 6.41. The summed E-state index contributed by atoms with van der Waals surface area (Å²) in [5.41, 5.74) is 3.31. The van der Waals surface area contributed by atoms with Crippen LogP contribution in [0.1, 0.15) is 42.0 Å². The van der Waals surface area contributed by atoms with Gasteiger partial charge in [-0.1, -0.05) is 0 Å². The molecule has 0 aliphatic rings. The van der Waals surface area contributed by atoms with Gasteiger partial charge >= 0.3 is 0 Å². The smallest absolute Gasteiger partial charge is 0.293 e. The lowest BCUT2D eigenvalue weighted by molar-refractivity contribution is 0.0994. The fourth-order valence-corrected chi connectivity index (χ4v) is 3.83. The van der Waals surface area contributed by atoms with Gasteiger partial charge in [-0.25, -0.2) is 19.3 Å². The summed E-state index contributed by atoms with van der Waals surface area (Å²) in [4.78, 5) is 25.6. The quantitative estimate of drug-likeness (QED) is 0.404. The Morgan fingerprint density at radius 1 is 1.15 bits per heavy atom. The van der Waals surface area contributed by atoms with Crippen LogP contribution in [0, 0.1) is 19.7 Å². The highest BCUT2D eigenvalue weighted by molar-refractivity contribution is 6.03. The van der Waals surface area contributed by atoms with E-state index < -0.39 is 11.7 Å². The fourth-order valence-electron chi connectivity index (χ4n) is 3.83. The molecule has 0 unspecified atom stereocenters. The number of rotatable bonds is 5. The van der Waals surface area contributed by atoms with Crippen molar-refractivity contribution in [3.63, 3.8) is 0 Å². The topological polar surface area (TPSA) is 103 Å². The lowest BCUT2D eigenvalue weighted by atomic mass is 10.1. The molecule has 0 bridgehead atoms. The maximum Gasteiger partial charge on any atom is 0.293 e. The van der Waals surface area contributed by atoms with E-state index in [0.29, 0.717) is 28.7 Å². The summed E-state index contributed by atoms with van der Waals surface area (Å²) in [6.45, 7) is 7.46. The fraction of sp³-hybridized carbons (Fsp3) is 0.208. The number of amides is 1. The number of aromatic nitrogens is 6. The molecule has 5 rings (SSSR count). The van der Waals surface area contributed by atoms with Crippen molar-refractivity contribution >= 4 is 17.4 Å². The van der Waals surface area contributed by atoms with Crippen LogP contribution in [0.5, 0.6) is 0 Å². The van der Waals surface area contributed by atoms with Crippen LogP contribution in [-0.2, 0) is 0 Å². The first kappa shape index (κ1) is 21.5. The Morgan fingerprint density at radius 3 is 2.71 bits per heavy atom. The molecule has 5 aromatic rings. The zero-order chi connectivity index (χ0) is 24.0. The standard InChI is InChI=1S/C24H22FN7O2/c1-13(2)32-21(7-8-27-32)16-10-26-24-30-20(12-31(24)11-16)18-9-17(5-6-19(18)25)29-23(33)22-14(3)28-15(4)34-22/h5-13H,1-4H3,(H,29,33). The highest BCUT2D eigenvalue weighted by Crippen LogP contribution is 2.27. The molecule has 0 aliphatic carbocycles. The molecule has 0 saturated carbocycles. The van der Waals surface area contributed by atoms with Crippen LogP contribution in [-0.4, -0.2) is 35.0 Å². The molecule has 1 N–H and O–H groups in total. The predicted octanol–water partition coefficient (Wildman–Crippen LogP) is 4.84. The van der Waals surface area contributed by atoms with E-state index in [-0.39, 0.29) is 17.4 Å². The minimum absolute atomic E-state index is 0.119. The number of halogens is 1. The third-order valence-electron chi connectivity index (χ3n) is 5.38. The van der Waals surface area contributed by atoms with Crippen molar-refractivity contribution in [2.24, 2.45) is 0 Å². The number of hydrogen-bond donors (Lipinski definition) is 1. The van der Waals surface area contributed by atoms with Crippen LogP contribution < -0.4 is 5.32 Å². The number of carbonyl (C=O) groups is 1. The van der Waals surface area contributed by atoms with E-state index in [2.05, 4.69) is 39.2 Å². The number of imidazole rings is 1. The molecule has 1 amide bonds. The highest BCUT2D eigenvalue weighted by Gasteiger charge is 2.18. The molecule has 0 atom stereocenters. The SMILES string of the molecule is Cc1nc(C)c(C(=O)Nc2ccc(F)c(-c3cn4cc(-c5ccnn5C(C)C)cnc4n3)c2)o1. The van der Waals surface area contributed by atoms with Gasteiger partial charge in [0.15, 0.2) is 5.89 Å². The monoisotopic (exact) mass is 459 g/mol. The average Bonchev–Trinajstić information content (AvgIpc) is 3.52. The number of nitrogens with one attached hydrogen (secondary N) is 1. The molecular formula is C24H22FN7O2. The van der Waals surface area contributed by atoms with E-state index in [4.69, 9.17) is 4.42 Å². The second-order valence-corrected chi connectivity index (χ2v) is 8.23. The van der Waals surface area contributed by atoms with Crippen LogP contribution in [0.4, 0.5) is 10.1 Å². The van der Waals surface area contributed by atoms with Crippen LogP contribution in [0.25, 0.3) is 28.3 Å². The van der Waals surface area contributed by atoms with Gasteiger partial charge in [0.1, 0.15) is 5.82 Å². The van der Waals surface area contributed by atoms with Gasteiger partial charge in [0, 0.05) is 54.6 Å². The van der Waals surface area contributed by atoms with Crippen LogP contribution in [0.3, 0.4) is 0 Å². The second kappa shape index (κ2) is 8.22. The number of fused-ring (bicyclic) bond motifs is 1. The molecule has 34 heavy (non-hydrogen) atoms. The van der Waals surface area contributed by atoms with E-state index in [1.807, 2.05) is 16.9 Å². The summed E-state index contributed by atoms with van der Waals surface area (Å²) in [5.74, 6) is 0.0184. The molecule has 172 valence electrons. The van der Waals surface area contributed by atoms with Crippen molar-refractivity contribution in [1.29, 1.82) is 0 Å². The van der Waals surface area contributed by atoms with Crippen LogP contribution >= 0.6 is 0 Å². The highest BCUT2D eigenvalue weighted by atomic mass is 19.1. The van der Waals surface area contributed by atoms with Crippen molar-refractivity contribution in [3.05, 3.63) is 72.2 Å².